The van der Waals surface area contributed by atoms with Crippen molar-refractivity contribution in [3.05, 3.63) is 16.0 Å². The number of rotatable bonds is 5. The quantitative estimate of drug-likeness (QED) is 0.848. The SMILES string of the molecule is COCC(C)CNc1ncnc(Cl)c1Br. The normalized spacial score (nSPS) is 12.5. The number of anilines is 1. The molecular weight excluding hydrogens is 281 g/mol. The molecule has 84 valence electrons. The third kappa shape index (κ3) is 3.93. The van der Waals surface area contributed by atoms with Gasteiger partial charge in [0.1, 0.15) is 17.3 Å². The van der Waals surface area contributed by atoms with Gasteiger partial charge in [0.2, 0.25) is 0 Å². The summed E-state index contributed by atoms with van der Waals surface area (Å²) >= 11 is 9.15. The number of methoxy groups -OCH3 is 1. The highest BCUT2D eigenvalue weighted by Gasteiger charge is 2.07. The summed E-state index contributed by atoms with van der Waals surface area (Å²) in [7, 11) is 1.69. The van der Waals surface area contributed by atoms with Gasteiger partial charge in [-0.1, -0.05) is 18.5 Å². The van der Waals surface area contributed by atoms with E-state index >= 15 is 0 Å². The van der Waals surface area contributed by atoms with E-state index in [0.29, 0.717) is 28.0 Å². The highest BCUT2D eigenvalue weighted by Crippen LogP contribution is 2.25. The lowest BCUT2D eigenvalue weighted by atomic mass is 10.2. The average Bonchev–Trinajstić information content (AvgIpc) is 2.21. The molecule has 0 aliphatic rings. The largest absolute Gasteiger partial charge is 0.384 e. The molecule has 1 heterocycles. The molecule has 0 saturated heterocycles. The van der Waals surface area contributed by atoms with Crippen molar-refractivity contribution in [2.45, 2.75) is 6.92 Å². The summed E-state index contributed by atoms with van der Waals surface area (Å²) in [5, 5.41) is 3.59. The third-order valence-corrected chi connectivity index (χ3v) is 3.08. The molecule has 6 heteroatoms. The van der Waals surface area contributed by atoms with Gasteiger partial charge in [-0.25, -0.2) is 9.97 Å². The van der Waals surface area contributed by atoms with E-state index in [4.69, 9.17) is 16.3 Å². The molecule has 0 amide bonds. The molecule has 0 aromatic carbocycles. The van der Waals surface area contributed by atoms with Gasteiger partial charge in [-0.3, -0.25) is 0 Å². The van der Waals surface area contributed by atoms with Crippen LogP contribution in [0.25, 0.3) is 0 Å². The Morgan fingerprint density at radius 2 is 2.33 bits per heavy atom. The molecule has 15 heavy (non-hydrogen) atoms. The van der Waals surface area contributed by atoms with Crippen LogP contribution in [0.15, 0.2) is 10.8 Å². The first kappa shape index (κ1) is 12.7. The van der Waals surface area contributed by atoms with Gasteiger partial charge in [-0.2, -0.15) is 0 Å². The predicted molar refractivity (Wildman–Crippen MR) is 64.3 cm³/mol. The number of aromatic nitrogens is 2. The van der Waals surface area contributed by atoms with Crippen LogP contribution in [0.2, 0.25) is 5.15 Å². The van der Waals surface area contributed by atoms with Gasteiger partial charge >= 0.3 is 0 Å². The molecule has 1 N–H and O–H groups in total. The second-order valence-corrected chi connectivity index (χ2v) is 4.42. The minimum Gasteiger partial charge on any atom is -0.384 e. The van der Waals surface area contributed by atoms with Gasteiger partial charge in [0.05, 0.1) is 11.1 Å². The van der Waals surface area contributed by atoms with Crippen molar-refractivity contribution in [2.24, 2.45) is 5.92 Å². The van der Waals surface area contributed by atoms with Crippen LogP contribution in [0.4, 0.5) is 5.82 Å². The zero-order valence-electron chi connectivity index (χ0n) is 8.63. The smallest absolute Gasteiger partial charge is 0.148 e. The van der Waals surface area contributed by atoms with E-state index in [1.807, 2.05) is 0 Å². The third-order valence-electron chi connectivity index (χ3n) is 1.82. The summed E-state index contributed by atoms with van der Waals surface area (Å²) in [6.45, 7) is 3.58. The van der Waals surface area contributed by atoms with E-state index in [9.17, 15) is 0 Å². The Morgan fingerprint density at radius 3 is 3.00 bits per heavy atom. The fraction of sp³-hybridized carbons (Fsp3) is 0.556. The van der Waals surface area contributed by atoms with Crippen LogP contribution >= 0.6 is 27.5 Å². The molecule has 1 atom stereocenters. The maximum Gasteiger partial charge on any atom is 0.148 e. The van der Waals surface area contributed by atoms with E-state index in [0.717, 1.165) is 6.54 Å². The lowest BCUT2D eigenvalue weighted by Crippen LogP contribution is -2.16. The van der Waals surface area contributed by atoms with Crippen molar-refractivity contribution in [1.29, 1.82) is 0 Å². The van der Waals surface area contributed by atoms with Crippen molar-refractivity contribution in [3.8, 4) is 0 Å². The second kappa shape index (κ2) is 6.25. The molecule has 0 saturated carbocycles. The van der Waals surface area contributed by atoms with Crippen LogP contribution in [-0.4, -0.2) is 30.2 Å². The second-order valence-electron chi connectivity index (χ2n) is 3.27. The van der Waals surface area contributed by atoms with Crippen molar-refractivity contribution in [2.75, 3.05) is 25.6 Å². The van der Waals surface area contributed by atoms with Gasteiger partial charge in [0.15, 0.2) is 0 Å². The molecule has 1 unspecified atom stereocenters. The summed E-state index contributed by atoms with van der Waals surface area (Å²) in [5.74, 6) is 1.12. The van der Waals surface area contributed by atoms with Crippen LogP contribution in [0.1, 0.15) is 6.92 Å². The summed E-state index contributed by atoms with van der Waals surface area (Å²) in [6, 6.07) is 0. The Morgan fingerprint density at radius 1 is 1.60 bits per heavy atom. The Labute approximate surface area is 103 Å². The van der Waals surface area contributed by atoms with Crippen LogP contribution in [0.3, 0.4) is 0 Å². The lowest BCUT2D eigenvalue weighted by Gasteiger charge is -2.12. The number of hydrogen-bond donors (Lipinski definition) is 1. The first-order chi connectivity index (χ1) is 7.15. The molecule has 1 aromatic rings. The molecule has 0 spiro atoms. The van der Waals surface area contributed by atoms with E-state index in [-0.39, 0.29) is 0 Å². The molecule has 1 rings (SSSR count). The van der Waals surface area contributed by atoms with Crippen LogP contribution in [-0.2, 0) is 4.74 Å². The van der Waals surface area contributed by atoms with Crippen LogP contribution in [0.5, 0.6) is 0 Å². The Bertz CT molecular complexity index is 324. The van der Waals surface area contributed by atoms with Gasteiger partial charge in [0.25, 0.3) is 0 Å². The number of nitrogens with zero attached hydrogens (tertiary/aromatic N) is 2. The Hall–Kier alpha value is -0.390. The van der Waals surface area contributed by atoms with Crippen molar-refractivity contribution >= 4 is 33.3 Å². The number of hydrogen-bond acceptors (Lipinski definition) is 4. The van der Waals surface area contributed by atoms with Gasteiger partial charge in [-0.15, -0.1) is 0 Å². The average molecular weight is 295 g/mol. The maximum atomic E-state index is 5.83. The molecule has 0 radical (unpaired) electrons. The highest BCUT2D eigenvalue weighted by molar-refractivity contribution is 9.10. The van der Waals surface area contributed by atoms with E-state index in [1.54, 1.807) is 7.11 Å². The Kier molecular flexibility index (Phi) is 5.28. The predicted octanol–water partition coefficient (Wildman–Crippen LogP) is 2.59. The van der Waals surface area contributed by atoms with E-state index in [1.165, 1.54) is 6.33 Å². The van der Waals surface area contributed by atoms with Crippen molar-refractivity contribution in [3.63, 3.8) is 0 Å². The highest BCUT2D eigenvalue weighted by atomic mass is 79.9. The molecule has 0 bridgehead atoms. The fourth-order valence-corrected chi connectivity index (χ4v) is 1.56. The summed E-state index contributed by atoms with van der Waals surface area (Å²) < 4.78 is 5.73. The maximum absolute atomic E-state index is 5.83. The fourth-order valence-electron chi connectivity index (χ4n) is 1.09. The summed E-state index contributed by atoms with van der Waals surface area (Å²) in [4.78, 5) is 7.92. The zero-order valence-corrected chi connectivity index (χ0v) is 11.0. The van der Waals surface area contributed by atoms with Crippen LogP contribution in [0, 0.1) is 5.92 Å². The van der Waals surface area contributed by atoms with Gasteiger partial charge < -0.3 is 10.1 Å². The standard InChI is InChI=1S/C9H13BrClN3O/c1-6(4-15-2)3-12-9-7(10)8(11)13-5-14-9/h5-6H,3-4H2,1-2H3,(H,12,13,14). The first-order valence-electron chi connectivity index (χ1n) is 4.54. The molecule has 0 aliphatic heterocycles. The molecule has 1 aromatic heterocycles. The summed E-state index contributed by atoms with van der Waals surface area (Å²) in [5.41, 5.74) is 0. The Balaban J connectivity index is 2.54. The summed E-state index contributed by atoms with van der Waals surface area (Å²) in [6.07, 6.45) is 1.43. The number of nitrogens with one attached hydrogen (secondary N) is 1. The minimum absolute atomic E-state index is 0.409. The number of halogens is 2. The van der Waals surface area contributed by atoms with Crippen LogP contribution < -0.4 is 5.32 Å². The minimum atomic E-state index is 0.409. The molecular formula is C9H13BrClN3O. The van der Waals surface area contributed by atoms with Crippen molar-refractivity contribution < 1.29 is 4.74 Å². The monoisotopic (exact) mass is 293 g/mol. The molecule has 4 nitrogen and oxygen atoms in total. The molecule has 0 fully saturated rings. The zero-order chi connectivity index (χ0) is 11.3. The van der Waals surface area contributed by atoms with E-state index < -0.39 is 0 Å². The van der Waals surface area contributed by atoms with E-state index in [2.05, 4.69) is 38.1 Å². The molecule has 0 aliphatic carbocycles. The number of ether oxygens (including phenoxy) is 1. The van der Waals surface area contributed by atoms with Crippen molar-refractivity contribution in [1.82, 2.24) is 9.97 Å². The lowest BCUT2D eigenvalue weighted by molar-refractivity contribution is 0.164. The van der Waals surface area contributed by atoms with Gasteiger partial charge in [0, 0.05) is 13.7 Å². The topological polar surface area (TPSA) is 47.0 Å². The van der Waals surface area contributed by atoms with Gasteiger partial charge in [-0.05, 0) is 21.8 Å². The first-order valence-corrected chi connectivity index (χ1v) is 5.71.